The number of rotatable bonds is 5. The van der Waals surface area contributed by atoms with Crippen LogP contribution in [0.2, 0.25) is 0 Å². The van der Waals surface area contributed by atoms with E-state index in [1.54, 1.807) is 16.9 Å². The first kappa shape index (κ1) is 21.1. The Balaban J connectivity index is 1.48. The smallest absolute Gasteiger partial charge is 0.348 e. The number of hydrogen-bond acceptors (Lipinski definition) is 4. The van der Waals surface area contributed by atoms with E-state index in [4.69, 9.17) is 4.98 Å². The van der Waals surface area contributed by atoms with Gasteiger partial charge in [-0.05, 0) is 55.7 Å². The zero-order valence-electron chi connectivity index (χ0n) is 17.7. The molecule has 1 aliphatic carbocycles. The molecule has 3 aromatic heterocycles. The van der Waals surface area contributed by atoms with Crippen molar-refractivity contribution in [3.8, 4) is 5.82 Å². The zero-order chi connectivity index (χ0) is 23.2. The van der Waals surface area contributed by atoms with Gasteiger partial charge < -0.3 is 5.32 Å². The fourth-order valence-corrected chi connectivity index (χ4v) is 3.80. The number of pyridine rings is 2. The molecule has 168 valence electrons. The van der Waals surface area contributed by atoms with Crippen LogP contribution in [0.25, 0.3) is 16.9 Å². The van der Waals surface area contributed by atoms with Crippen LogP contribution in [0.15, 0.2) is 54.7 Å². The Morgan fingerprint density at radius 1 is 1.15 bits per heavy atom. The van der Waals surface area contributed by atoms with E-state index in [1.807, 2.05) is 25.1 Å². The third-order valence-electron chi connectivity index (χ3n) is 5.67. The summed E-state index contributed by atoms with van der Waals surface area (Å²) in [6.45, 7) is 1.92. The van der Waals surface area contributed by atoms with E-state index >= 15 is 0 Å². The number of halogens is 3. The number of fused-ring (bicyclic) bond motifs is 1. The second kappa shape index (κ2) is 7.99. The molecule has 0 radical (unpaired) electrons. The number of carbonyl (C=O) groups excluding carboxylic acids is 1. The molecule has 33 heavy (non-hydrogen) atoms. The number of benzene rings is 1. The molecule has 5 rings (SSSR count). The average molecular weight is 451 g/mol. The number of hydrogen-bond donors (Lipinski definition) is 1. The van der Waals surface area contributed by atoms with Gasteiger partial charge in [-0.2, -0.15) is 23.0 Å². The van der Waals surface area contributed by atoms with Crippen molar-refractivity contribution in [3.05, 3.63) is 82.8 Å². The molecule has 0 bridgehead atoms. The summed E-state index contributed by atoms with van der Waals surface area (Å²) >= 11 is 0. The molecule has 6 nitrogen and oxygen atoms in total. The minimum atomic E-state index is -4.39. The first-order valence-electron chi connectivity index (χ1n) is 10.6. The highest BCUT2D eigenvalue weighted by atomic mass is 19.4. The van der Waals surface area contributed by atoms with Gasteiger partial charge in [0.05, 0.1) is 22.2 Å². The van der Waals surface area contributed by atoms with E-state index in [0.717, 1.165) is 30.7 Å². The molecule has 3 heterocycles. The Kier molecular flexibility index (Phi) is 5.11. The van der Waals surface area contributed by atoms with E-state index in [2.05, 4.69) is 15.4 Å². The van der Waals surface area contributed by atoms with Crippen molar-refractivity contribution in [2.75, 3.05) is 0 Å². The maximum atomic E-state index is 13.2. The summed E-state index contributed by atoms with van der Waals surface area (Å²) < 4.78 is 40.0. The van der Waals surface area contributed by atoms with Crippen LogP contribution in [-0.4, -0.2) is 25.7 Å². The third kappa shape index (κ3) is 4.18. The molecule has 0 aliphatic heterocycles. The van der Waals surface area contributed by atoms with Crippen molar-refractivity contribution in [3.63, 3.8) is 0 Å². The van der Waals surface area contributed by atoms with Crippen molar-refractivity contribution in [2.45, 2.75) is 38.4 Å². The maximum Gasteiger partial charge on any atom is 0.416 e. The van der Waals surface area contributed by atoms with Gasteiger partial charge in [-0.3, -0.25) is 4.79 Å². The molecule has 0 unspecified atom stereocenters. The second-order valence-electron chi connectivity index (χ2n) is 8.13. The molecule has 1 aliphatic rings. The van der Waals surface area contributed by atoms with E-state index < -0.39 is 11.7 Å². The van der Waals surface area contributed by atoms with Gasteiger partial charge in [0.1, 0.15) is 0 Å². The van der Waals surface area contributed by atoms with Crippen LogP contribution in [0.3, 0.4) is 0 Å². The van der Waals surface area contributed by atoms with Crippen LogP contribution in [0, 0.1) is 6.92 Å². The Labute approximate surface area is 187 Å². The van der Waals surface area contributed by atoms with Crippen molar-refractivity contribution >= 4 is 16.9 Å². The maximum absolute atomic E-state index is 13.2. The number of nitrogens with zero attached hydrogens (tertiary/aromatic N) is 4. The quantitative estimate of drug-likeness (QED) is 0.466. The standard InChI is InChI=1S/C24H20F3N5O/c1-14-21-18(23(33)29-13-15-5-9-17(10-6-15)24(25,26)27)12-19(16-7-8-16)30-22(21)32(31-14)20-4-2-3-11-28-20/h2-6,9-12,16H,7-8,13H2,1H3,(H,29,33). The highest BCUT2D eigenvalue weighted by Gasteiger charge is 2.30. The fraction of sp³-hybridized carbons (Fsp3) is 0.250. The van der Waals surface area contributed by atoms with Gasteiger partial charge in [0, 0.05) is 24.4 Å². The lowest BCUT2D eigenvalue weighted by Crippen LogP contribution is -2.23. The van der Waals surface area contributed by atoms with Crippen molar-refractivity contribution in [1.29, 1.82) is 0 Å². The fourth-order valence-electron chi connectivity index (χ4n) is 3.80. The summed E-state index contributed by atoms with van der Waals surface area (Å²) in [6.07, 6.45) is -0.695. The van der Waals surface area contributed by atoms with Gasteiger partial charge in [0.15, 0.2) is 11.5 Å². The molecule has 4 aromatic rings. The molecular weight excluding hydrogens is 431 g/mol. The molecule has 0 saturated heterocycles. The SMILES string of the molecule is Cc1nn(-c2ccccn2)c2nc(C3CC3)cc(C(=O)NCc3ccc(C(F)(F)F)cc3)c12. The predicted octanol–water partition coefficient (Wildman–Crippen LogP) is 4.95. The van der Waals surface area contributed by atoms with Crippen LogP contribution in [0.4, 0.5) is 13.2 Å². The van der Waals surface area contributed by atoms with E-state index in [9.17, 15) is 18.0 Å². The summed E-state index contributed by atoms with van der Waals surface area (Å²) in [5.41, 5.74) is 2.35. The summed E-state index contributed by atoms with van der Waals surface area (Å²) in [4.78, 5) is 22.3. The van der Waals surface area contributed by atoms with Crippen LogP contribution < -0.4 is 5.32 Å². The van der Waals surface area contributed by atoms with Gasteiger partial charge in [0.25, 0.3) is 5.91 Å². The molecule has 1 fully saturated rings. The van der Waals surface area contributed by atoms with Crippen molar-refractivity contribution in [1.82, 2.24) is 25.1 Å². The molecular formula is C24H20F3N5O. The summed E-state index contributed by atoms with van der Waals surface area (Å²) in [5.74, 6) is 0.586. The van der Waals surface area contributed by atoms with E-state index in [-0.39, 0.29) is 12.5 Å². The normalized spacial score (nSPS) is 13.9. The Morgan fingerprint density at radius 3 is 2.55 bits per heavy atom. The molecule has 0 spiro atoms. The van der Waals surface area contributed by atoms with Gasteiger partial charge in [-0.25, -0.2) is 9.97 Å². The largest absolute Gasteiger partial charge is 0.416 e. The minimum absolute atomic E-state index is 0.104. The lowest BCUT2D eigenvalue weighted by Gasteiger charge is -2.11. The predicted molar refractivity (Wildman–Crippen MR) is 116 cm³/mol. The number of alkyl halides is 3. The van der Waals surface area contributed by atoms with E-state index in [0.29, 0.717) is 39.6 Å². The van der Waals surface area contributed by atoms with Crippen molar-refractivity contribution < 1.29 is 18.0 Å². The van der Waals surface area contributed by atoms with Gasteiger partial charge in [0.2, 0.25) is 0 Å². The molecule has 1 saturated carbocycles. The van der Waals surface area contributed by atoms with Gasteiger partial charge in [-0.15, -0.1) is 0 Å². The zero-order valence-corrected chi connectivity index (χ0v) is 17.7. The number of aromatic nitrogens is 4. The minimum Gasteiger partial charge on any atom is -0.348 e. The summed E-state index contributed by atoms with van der Waals surface area (Å²) in [5, 5.41) is 8.04. The van der Waals surface area contributed by atoms with Crippen molar-refractivity contribution in [2.24, 2.45) is 0 Å². The Bertz CT molecular complexity index is 1330. The monoisotopic (exact) mass is 451 g/mol. The summed E-state index contributed by atoms with van der Waals surface area (Å²) in [6, 6.07) is 12.0. The van der Waals surface area contributed by atoms with Crippen LogP contribution in [0.1, 0.15) is 51.6 Å². The number of aryl methyl sites for hydroxylation is 1. The van der Waals surface area contributed by atoms with E-state index in [1.165, 1.54) is 12.1 Å². The highest BCUT2D eigenvalue weighted by Crippen LogP contribution is 2.40. The molecule has 9 heteroatoms. The Hall–Kier alpha value is -3.75. The first-order chi connectivity index (χ1) is 15.8. The first-order valence-corrected chi connectivity index (χ1v) is 10.6. The molecule has 1 amide bonds. The third-order valence-corrected chi connectivity index (χ3v) is 5.67. The average Bonchev–Trinajstić information content (AvgIpc) is 3.61. The summed E-state index contributed by atoms with van der Waals surface area (Å²) in [7, 11) is 0. The number of carbonyl (C=O) groups is 1. The molecule has 0 atom stereocenters. The van der Waals surface area contributed by atoms with Crippen LogP contribution >= 0.6 is 0 Å². The lowest BCUT2D eigenvalue weighted by molar-refractivity contribution is -0.137. The number of amides is 1. The number of nitrogens with one attached hydrogen (secondary N) is 1. The second-order valence-corrected chi connectivity index (χ2v) is 8.13. The van der Waals surface area contributed by atoms with Crippen LogP contribution in [-0.2, 0) is 12.7 Å². The molecule has 1 aromatic carbocycles. The molecule has 1 N–H and O–H groups in total. The highest BCUT2D eigenvalue weighted by molar-refractivity contribution is 6.06. The Morgan fingerprint density at radius 2 is 1.91 bits per heavy atom. The van der Waals surface area contributed by atoms with Crippen LogP contribution in [0.5, 0.6) is 0 Å². The van der Waals surface area contributed by atoms with Gasteiger partial charge in [-0.1, -0.05) is 18.2 Å². The topological polar surface area (TPSA) is 72.7 Å². The van der Waals surface area contributed by atoms with Gasteiger partial charge >= 0.3 is 6.18 Å². The lowest BCUT2D eigenvalue weighted by atomic mass is 10.1.